The first-order chi connectivity index (χ1) is 0. The zero-order valence-electron chi connectivity index (χ0n) is 6.65. The minimum absolute atomic E-state index is 0. The van der Waals surface area contributed by atoms with E-state index in [1.54, 1.807) is 0 Å². The molecule has 0 atom stereocenters. The van der Waals surface area contributed by atoms with Crippen LogP contribution in [0, 0.1) is 0 Å². The summed E-state index contributed by atoms with van der Waals surface area (Å²) in [6.07, 6.45) is 0. The molecule has 0 aliphatic carbocycles. The van der Waals surface area contributed by atoms with E-state index >= 15 is 0 Å². The van der Waals surface area contributed by atoms with Crippen LogP contribution in [0.5, 0.6) is 0 Å². The molecule has 0 aliphatic heterocycles. The van der Waals surface area contributed by atoms with Crippen LogP contribution in [-0.4, -0.2) is 0 Å². The van der Waals surface area contributed by atoms with Gasteiger partial charge in [0.05, 0.1) is 0 Å². The summed E-state index contributed by atoms with van der Waals surface area (Å²) in [6.45, 7) is 0. The van der Waals surface area contributed by atoms with E-state index < -0.39 is 0 Å². The zero-order chi connectivity index (χ0) is 0. The van der Waals surface area contributed by atoms with Crippen molar-refractivity contribution in [1.82, 2.24) is 0 Å². The Morgan fingerprint density at radius 3 is 0.188 bits per heavy atom. The summed E-state index contributed by atoms with van der Waals surface area (Å²) in [4.78, 5) is 0. The molecule has 0 saturated heterocycles. The Bertz CT molecular complexity index is 21.3. The molecule has 0 bridgehead atoms. The average molecular weight is 1180 g/mol. The van der Waals surface area contributed by atoms with Gasteiger partial charge in [-0.25, -0.2) is 0 Å². The number of rotatable bonds is 0. The molecule has 0 spiro atoms. The molecule has 0 aromatic heterocycles. The van der Waals surface area contributed by atoms with Gasteiger partial charge < -0.3 is 99.0 Å². The van der Waals surface area contributed by atoms with Gasteiger partial charge in [-0.2, -0.15) is 0 Å². The molecule has 0 heterocycles. The zero-order valence-corrected chi connectivity index (χ0v) is 28.4. The Balaban J connectivity index is 0. The van der Waals surface area contributed by atoms with Crippen LogP contribution in [0.2, 0.25) is 0 Å². The molecule has 98 valence electrons. The minimum Gasteiger partial charge on any atom is -3.00 e. The van der Waals surface area contributed by atoms with E-state index in [1.165, 1.54) is 0 Å². The van der Waals surface area contributed by atoms with Gasteiger partial charge in [0.1, 0.15) is 0 Å². The predicted octanol–water partition coefficient (Wildman–Crippen LogP) is 8.60. The van der Waals surface area contributed by atoms with Gasteiger partial charge in [-0.3, -0.25) is 0 Å². The molecule has 16 heavy (non-hydrogen) atoms. The van der Waals surface area contributed by atoms with Crippen LogP contribution in [0.25, 0.3) is 0 Å². The summed E-state index contributed by atoms with van der Waals surface area (Å²) in [5.41, 5.74) is 0. The van der Waals surface area contributed by atoms with Crippen molar-refractivity contribution in [3.8, 4) is 0 Å². The Morgan fingerprint density at radius 1 is 0.188 bits per heavy atom. The molecule has 0 saturated carbocycles. The number of hydrogen-bond donors (Lipinski definition) is 0. The Morgan fingerprint density at radius 2 is 0.188 bits per heavy atom. The van der Waals surface area contributed by atoms with Gasteiger partial charge in [0.2, 0.25) is 0 Å². The van der Waals surface area contributed by atoms with Crippen LogP contribution < -0.4 is 0 Å². The summed E-state index contributed by atoms with van der Waals surface area (Å²) < 4.78 is 0. The Labute approximate surface area is 221 Å². The molecule has 0 N–H and O–H groups in total. The molecule has 0 aliphatic rings. The first kappa shape index (κ1) is 189. The third-order valence-electron chi connectivity index (χ3n) is 0. The van der Waals surface area contributed by atoms with Crippen LogP contribution in [-0.2, 0) is 126 Å². The maximum absolute atomic E-state index is 0. The fourth-order valence-electron chi connectivity index (χ4n) is 0. The van der Waals surface area contributed by atoms with Gasteiger partial charge in [0.25, 0.3) is 0 Å². The SMILES string of the molecule is [Mo+6].[Mo+6].[Mo+6].[P-3].[P-3].[P-3].[P-3].[P-3].[P-3].[P-3].[P-3].[P-3].[P-3].[Pt+4].[Pt+4].[Pt+4]. The smallest absolute Gasteiger partial charge is 3.00 e. The molecule has 0 rings (SSSR count). The third kappa shape index (κ3) is 145. The fourth-order valence-corrected chi connectivity index (χ4v) is 0. The number of hydrogen-bond acceptors (Lipinski definition) is 0. The molecule has 0 amide bonds. The van der Waals surface area contributed by atoms with Gasteiger partial charge >= 0.3 is 126 Å². The topological polar surface area (TPSA) is 0 Å². The van der Waals surface area contributed by atoms with Crippen molar-refractivity contribution in [2.24, 2.45) is 0 Å². The van der Waals surface area contributed by atoms with Crippen molar-refractivity contribution in [1.29, 1.82) is 0 Å². The first-order valence-electron chi connectivity index (χ1n) is 0. The van der Waals surface area contributed by atoms with Crippen LogP contribution >= 0.6 is 99.0 Å². The summed E-state index contributed by atoms with van der Waals surface area (Å²) in [7, 11) is 0. The molecule has 0 fully saturated rings. The van der Waals surface area contributed by atoms with Gasteiger partial charge in [-0.15, -0.1) is 0 Å². The van der Waals surface area contributed by atoms with E-state index in [4.69, 9.17) is 0 Å². The normalized spacial score (nSPS) is 0. The van der Waals surface area contributed by atoms with E-state index in [-0.39, 0.29) is 225 Å². The van der Waals surface area contributed by atoms with E-state index in [2.05, 4.69) is 0 Å². The summed E-state index contributed by atoms with van der Waals surface area (Å²) in [5, 5.41) is 0. The molecule has 16 heteroatoms. The van der Waals surface area contributed by atoms with E-state index in [9.17, 15) is 0 Å². The second-order valence-electron chi connectivity index (χ2n) is 0. The average Bonchev–Trinajstić information content (AvgIpc) is 0. The first-order valence-corrected chi connectivity index (χ1v) is 0. The molecule has 0 aromatic carbocycles. The van der Waals surface area contributed by atoms with Gasteiger partial charge in [-0.05, 0) is 0 Å². The van der Waals surface area contributed by atoms with Crippen molar-refractivity contribution in [3.63, 3.8) is 0 Å². The van der Waals surface area contributed by atoms with Crippen LogP contribution in [0.1, 0.15) is 0 Å². The van der Waals surface area contributed by atoms with Gasteiger partial charge in [-0.1, -0.05) is 0 Å². The Kier molecular flexibility index (Phi) is 1960. The molecule has 0 radical (unpaired) electrons. The van der Waals surface area contributed by atoms with Crippen molar-refractivity contribution < 1.29 is 126 Å². The van der Waals surface area contributed by atoms with Gasteiger partial charge in [0, 0.05) is 0 Å². The largest absolute Gasteiger partial charge is 6.00 e. The van der Waals surface area contributed by atoms with E-state index in [0.29, 0.717) is 0 Å². The molecule has 0 nitrogen and oxygen atoms in total. The minimum atomic E-state index is 0. The third-order valence-corrected chi connectivity index (χ3v) is 0. The molecular weight excluding hydrogens is 1180 g/mol. The second-order valence-corrected chi connectivity index (χ2v) is 0. The maximum Gasteiger partial charge on any atom is 6.00 e. The van der Waals surface area contributed by atoms with Crippen LogP contribution in [0.4, 0.5) is 0 Å². The van der Waals surface area contributed by atoms with Crippen molar-refractivity contribution in [2.45, 2.75) is 0 Å². The van der Waals surface area contributed by atoms with Crippen molar-refractivity contribution >= 4 is 99.0 Å². The fraction of sp³-hybridized carbons (Fsp3) is 0. The Hall–Kier alpha value is 8.43. The predicted molar refractivity (Wildman–Crippen MR) is 69.2 cm³/mol. The monoisotopic (exact) mass is 1190 g/mol. The second kappa shape index (κ2) is 166. The van der Waals surface area contributed by atoms with Gasteiger partial charge in [0.15, 0.2) is 0 Å². The molecule has 0 unspecified atom stereocenters. The van der Waals surface area contributed by atoms with Crippen LogP contribution in [0.3, 0.4) is 0 Å². The molecular formula is Mo3P10Pt3. The summed E-state index contributed by atoms with van der Waals surface area (Å²) in [6, 6.07) is 0. The summed E-state index contributed by atoms with van der Waals surface area (Å²) in [5.74, 6) is 0. The van der Waals surface area contributed by atoms with Crippen molar-refractivity contribution in [2.75, 3.05) is 0 Å². The maximum atomic E-state index is 0. The van der Waals surface area contributed by atoms with E-state index in [1.807, 2.05) is 0 Å². The van der Waals surface area contributed by atoms with Crippen LogP contribution in [0.15, 0.2) is 0 Å². The summed E-state index contributed by atoms with van der Waals surface area (Å²) >= 11 is 0. The quantitative estimate of drug-likeness (QED) is 0.169. The van der Waals surface area contributed by atoms with Crippen molar-refractivity contribution in [3.05, 3.63) is 0 Å². The standard InChI is InChI=1S/3Mo.10P.3Pt/q3*+6;10*-3;3*+4. The van der Waals surface area contributed by atoms with E-state index in [0.717, 1.165) is 0 Å². The molecule has 0 aromatic rings.